The van der Waals surface area contributed by atoms with Gasteiger partial charge in [-0.05, 0) is 23.8 Å². The molecule has 1 heterocycles. The van der Waals surface area contributed by atoms with Crippen LogP contribution in [0.5, 0.6) is 0 Å². The predicted octanol–water partition coefficient (Wildman–Crippen LogP) is 2.78. The lowest BCUT2D eigenvalue weighted by atomic mass is 10.2. The van der Waals surface area contributed by atoms with E-state index in [0.717, 1.165) is 5.56 Å². The first kappa shape index (κ1) is 12.3. The summed E-state index contributed by atoms with van der Waals surface area (Å²) in [6, 6.07) is 7.19. The fourth-order valence-electron chi connectivity index (χ4n) is 1.28. The average Bonchev–Trinajstić information content (AvgIpc) is 2.39. The lowest BCUT2D eigenvalue weighted by Crippen LogP contribution is -2.09. The van der Waals surface area contributed by atoms with Crippen LogP contribution in [0.3, 0.4) is 0 Å². The van der Waals surface area contributed by atoms with Gasteiger partial charge in [0.2, 0.25) is 5.91 Å². The van der Waals surface area contributed by atoms with Gasteiger partial charge in [0.15, 0.2) is 5.82 Å². The monoisotopic (exact) mass is 259 g/mol. The highest BCUT2D eigenvalue weighted by atomic mass is 35.5. The molecule has 0 saturated heterocycles. The maximum Gasteiger partial charge on any atom is 0.249 e. The Morgan fingerprint density at radius 2 is 2.00 bits per heavy atom. The summed E-state index contributed by atoms with van der Waals surface area (Å²) < 4.78 is 0. The Morgan fingerprint density at radius 1 is 1.22 bits per heavy atom. The van der Waals surface area contributed by atoms with E-state index < -0.39 is 0 Å². The van der Waals surface area contributed by atoms with Crippen molar-refractivity contribution < 1.29 is 4.79 Å². The van der Waals surface area contributed by atoms with Crippen molar-refractivity contribution in [2.75, 3.05) is 5.32 Å². The van der Waals surface area contributed by atoms with Crippen LogP contribution in [0.2, 0.25) is 5.02 Å². The summed E-state index contributed by atoms with van der Waals surface area (Å²) in [5.41, 5.74) is 0.897. The Labute approximate surface area is 109 Å². The van der Waals surface area contributed by atoms with Crippen LogP contribution < -0.4 is 5.32 Å². The summed E-state index contributed by atoms with van der Waals surface area (Å²) in [6.07, 6.45) is 7.66. The summed E-state index contributed by atoms with van der Waals surface area (Å²) in [5, 5.41) is 3.26. The molecule has 0 fully saturated rings. The second kappa shape index (κ2) is 5.93. The molecule has 1 N–H and O–H groups in total. The Hall–Kier alpha value is -2.20. The minimum absolute atomic E-state index is 0.259. The van der Waals surface area contributed by atoms with Crippen LogP contribution >= 0.6 is 11.6 Å². The molecule has 2 aromatic rings. The maximum absolute atomic E-state index is 11.6. The fraction of sp³-hybridized carbons (Fsp3) is 0. The summed E-state index contributed by atoms with van der Waals surface area (Å²) >= 11 is 5.76. The summed E-state index contributed by atoms with van der Waals surface area (Å²) in [5.74, 6) is 0.161. The van der Waals surface area contributed by atoms with Crippen molar-refractivity contribution in [2.45, 2.75) is 0 Å². The van der Waals surface area contributed by atoms with Gasteiger partial charge in [-0.1, -0.05) is 23.7 Å². The number of carbonyl (C=O) groups excluding carboxylic acids is 1. The van der Waals surface area contributed by atoms with E-state index in [2.05, 4.69) is 15.3 Å². The Kier molecular flexibility index (Phi) is 4.04. The van der Waals surface area contributed by atoms with E-state index >= 15 is 0 Å². The van der Waals surface area contributed by atoms with Crippen LogP contribution in [0, 0.1) is 0 Å². The third-order valence-electron chi connectivity index (χ3n) is 2.11. The number of amides is 1. The van der Waals surface area contributed by atoms with Gasteiger partial charge in [-0.3, -0.25) is 9.78 Å². The molecule has 0 aliphatic carbocycles. The van der Waals surface area contributed by atoms with E-state index in [1.165, 1.54) is 18.5 Å². The average molecular weight is 260 g/mol. The fourth-order valence-corrected chi connectivity index (χ4v) is 1.40. The van der Waals surface area contributed by atoms with Crippen LogP contribution in [-0.4, -0.2) is 15.9 Å². The van der Waals surface area contributed by atoms with E-state index in [-0.39, 0.29) is 5.91 Å². The van der Waals surface area contributed by atoms with Gasteiger partial charge < -0.3 is 5.32 Å². The topological polar surface area (TPSA) is 54.9 Å². The molecule has 0 aliphatic rings. The van der Waals surface area contributed by atoms with Crippen LogP contribution in [0.15, 0.2) is 48.9 Å². The number of nitrogens with one attached hydrogen (secondary N) is 1. The molecule has 0 bridgehead atoms. The predicted molar refractivity (Wildman–Crippen MR) is 71.1 cm³/mol. The lowest BCUT2D eigenvalue weighted by molar-refractivity contribution is -0.111. The SMILES string of the molecule is O=C(/C=C/c1ccc(Cl)cc1)Nc1cnccn1. The highest BCUT2D eigenvalue weighted by Crippen LogP contribution is 2.10. The van der Waals surface area contributed by atoms with Gasteiger partial charge in [0.25, 0.3) is 0 Å². The third-order valence-corrected chi connectivity index (χ3v) is 2.36. The highest BCUT2D eigenvalue weighted by Gasteiger charge is 1.97. The van der Waals surface area contributed by atoms with Crippen LogP contribution in [0.4, 0.5) is 5.82 Å². The molecule has 0 atom stereocenters. The Balaban J connectivity index is 1.97. The smallest absolute Gasteiger partial charge is 0.249 e. The van der Waals surface area contributed by atoms with Crippen molar-refractivity contribution >= 4 is 29.4 Å². The first-order chi connectivity index (χ1) is 8.74. The zero-order chi connectivity index (χ0) is 12.8. The summed E-state index contributed by atoms with van der Waals surface area (Å²) in [7, 11) is 0. The van der Waals surface area contributed by atoms with E-state index in [1.54, 1.807) is 24.4 Å². The Bertz CT molecular complexity index is 552. The van der Waals surface area contributed by atoms with E-state index in [4.69, 9.17) is 11.6 Å². The maximum atomic E-state index is 11.6. The lowest BCUT2D eigenvalue weighted by Gasteiger charge is -1.99. The molecule has 1 amide bonds. The minimum atomic E-state index is -0.259. The molecule has 0 aliphatic heterocycles. The molecule has 0 saturated carbocycles. The zero-order valence-corrected chi connectivity index (χ0v) is 10.1. The largest absolute Gasteiger partial charge is 0.306 e. The second-order valence-electron chi connectivity index (χ2n) is 3.46. The van der Waals surface area contributed by atoms with E-state index in [1.807, 2.05) is 12.1 Å². The van der Waals surface area contributed by atoms with Gasteiger partial charge >= 0.3 is 0 Å². The van der Waals surface area contributed by atoms with Crippen LogP contribution in [-0.2, 0) is 4.79 Å². The number of rotatable bonds is 3. The normalized spacial score (nSPS) is 10.5. The molecular weight excluding hydrogens is 250 g/mol. The first-order valence-corrected chi connectivity index (χ1v) is 5.62. The second-order valence-corrected chi connectivity index (χ2v) is 3.90. The molecule has 0 spiro atoms. The van der Waals surface area contributed by atoms with Crippen LogP contribution in [0.1, 0.15) is 5.56 Å². The number of benzene rings is 1. The molecule has 1 aromatic carbocycles. The number of aromatic nitrogens is 2. The molecule has 5 heteroatoms. The molecule has 90 valence electrons. The van der Waals surface area contributed by atoms with Crippen molar-refractivity contribution in [3.8, 4) is 0 Å². The quantitative estimate of drug-likeness (QED) is 0.863. The van der Waals surface area contributed by atoms with Crippen molar-refractivity contribution in [1.82, 2.24) is 9.97 Å². The molecule has 0 radical (unpaired) electrons. The summed E-state index contributed by atoms with van der Waals surface area (Å²) in [6.45, 7) is 0. The minimum Gasteiger partial charge on any atom is -0.306 e. The first-order valence-electron chi connectivity index (χ1n) is 5.25. The number of halogens is 1. The number of nitrogens with zero attached hydrogens (tertiary/aromatic N) is 2. The molecular formula is C13H10ClN3O. The molecule has 4 nitrogen and oxygen atoms in total. The molecule has 1 aromatic heterocycles. The highest BCUT2D eigenvalue weighted by molar-refractivity contribution is 6.30. The number of carbonyl (C=O) groups is 1. The van der Waals surface area contributed by atoms with Gasteiger partial charge in [0, 0.05) is 23.5 Å². The Morgan fingerprint density at radius 3 is 2.67 bits per heavy atom. The van der Waals surface area contributed by atoms with Crippen molar-refractivity contribution in [2.24, 2.45) is 0 Å². The van der Waals surface area contributed by atoms with Gasteiger partial charge in [-0.25, -0.2) is 4.98 Å². The van der Waals surface area contributed by atoms with Gasteiger partial charge in [-0.15, -0.1) is 0 Å². The van der Waals surface area contributed by atoms with Crippen LogP contribution in [0.25, 0.3) is 6.08 Å². The van der Waals surface area contributed by atoms with E-state index in [0.29, 0.717) is 10.8 Å². The zero-order valence-electron chi connectivity index (χ0n) is 9.38. The standard InChI is InChI=1S/C13H10ClN3O/c14-11-4-1-10(2-5-11)3-6-13(18)17-12-9-15-7-8-16-12/h1-9H,(H,16,17,18)/b6-3+. The number of hydrogen-bond acceptors (Lipinski definition) is 3. The van der Waals surface area contributed by atoms with Gasteiger partial charge in [0.05, 0.1) is 6.20 Å². The van der Waals surface area contributed by atoms with Gasteiger partial charge in [-0.2, -0.15) is 0 Å². The molecule has 0 unspecified atom stereocenters. The van der Waals surface area contributed by atoms with E-state index in [9.17, 15) is 4.79 Å². The molecule has 2 rings (SSSR count). The number of hydrogen-bond donors (Lipinski definition) is 1. The van der Waals surface area contributed by atoms with Crippen molar-refractivity contribution in [3.63, 3.8) is 0 Å². The number of anilines is 1. The van der Waals surface area contributed by atoms with Gasteiger partial charge in [0.1, 0.15) is 0 Å². The summed E-state index contributed by atoms with van der Waals surface area (Å²) in [4.78, 5) is 19.4. The molecule has 18 heavy (non-hydrogen) atoms. The third kappa shape index (κ3) is 3.68. The van der Waals surface area contributed by atoms with Crippen molar-refractivity contribution in [1.29, 1.82) is 0 Å². The van der Waals surface area contributed by atoms with Crippen molar-refractivity contribution in [3.05, 3.63) is 59.5 Å².